The molecule has 4 atom stereocenters. The molecular formula is C16H26O3. The van der Waals surface area contributed by atoms with Crippen molar-refractivity contribution in [1.29, 1.82) is 0 Å². The van der Waals surface area contributed by atoms with Crippen molar-refractivity contribution in [2.75, 3.05) is 6.61 Å². The molecule has 2 unspecified atom stereocenters. The van der Waals surface area contributed by atoms with Crippen molar-refractivity contribution in [2.24, 2.45) is 17.8 Å². The third-order valence-corrected chi connectivity index (χ3v) is 4.94. The predicted molar refractivity (Wildman–Crippen MR) is 74.6 cm³/mol. The fourth-order valence-electron chi connectivity index (χ4n) is 3.81. The summed E-state index contributed by atoms with van der Waals surface area (Å²) in [5.41, 5.74) is 0.447. The Balaban J connectivity index is 2.18. The van der Waals surface area contributed by atoms with E-state index in [1.165, 1.54) is 5.57 Å². The molecule has 0 aromatic carbocycles. The van der Waals surface area contributed by atoms with Crippen molar-refractivity contribution in [3.8, 4) is 0 Å². The Morgan fingerprint density at radius 1 is 1.53 bits per heavy atom. The molecule has 0 aromatic rings. The van der Waals surface area contributed by atoms with Gasteiger partial charge in [0.25, 0.3) is 0 Å². The molecule has 0 bridgehead atoms. The number of aliphatic hydroxyl groups is 1. The van der Waals surface area contributed by atoms with E-state index in [1.807, 2.05) is 0 Å². The van der Waals surface area contributed by atoms with Crippen molar-refractivity contribution in [1.82, 2.24) is 0 Å². The Bertz CT molecular complexity index is 374. The van der Waals surface area contributed by atoms with Gasteiger partial charge in [-0.1, -0.05) is 18.6 Å². The summed E-state index contributed by atoms with van der Waals surface area (Å²) in [7, 11) is 0. The van der Waals surface area contributed by atoms with Crippen LogP contribution in [0.15, 0.2) is 11.6 Å². The third kappa shape index (κ3) is 3.02. The molecule has 0 heterocycles. The molecule has 0 aliphatic heterocycles. The lowest BCUT2D eigenvalue weighted by atomic mass is 9.60. The highest BCUT2D eigenvalue weighted by atomic mass is 16.5. The van der Waals surface area contributed by atoms with Crippen LogP contribution in [0.4, 0.5) is 0 Å². The highest BCUT2D eigenvalue weighted by molar-refractivity contribution is 5.70. The van der Waals surface area contributed by atoms with Crippen molar-refractivity contribution < 1.29 is 14.6 Å². The van der Waals surface area contributed by atoms with Gasteiger partial charge in [-0.15, -0.1) is 0 Å². The molecule has 0 spiro atoms. The van der Waals surface area contributed by atoms with Crippen LogP contribution in [0.2, 0.25) is 0 Å². The third-order valence-electron chi connectivity index (χ3n) is 4.94. The lowest BCUT2D eigenvalue weighted by molar-refractivity contribution is -0.155. The molecule has 1 N–H and O–H groups in total. The number of carbonyl (C=O) groups excluding carboxylic acids is 1. The highest BCUT2D eigenvalue weighted by Crippen LogP contribution is 2.48. The van der Waals surface area contributed by atoms with Crippen LogP contribution in [0.25, 0.3) is 0 Å². The minimum atomic E-state index is -0.898. The molecule has 1 fully saturated rings. The zero-order valence-corrected chi connectivity index (χ0v) is 12.3. The van der Waals surface area contributed by atoms with E-state index >= 15 is 0 Å². The first-order valence-corrected chi connectivity index (χ1v) is 7.51. The molecule has 1 saturated carbocycles. The number of hydrogen-bond acceptors (Lipinski definition) is 3. The van der Waals surface area contributed by atoms with E-state index in [4.69, 9.17) is 4.74 Å². The normalized spacial score (nSPS) is 38.3. The SMILES string of the molecule is CCOC(=O)CC1(O)CC[C@H](C)[C@H]2CCC(C)=CC21. The zero-order valence-electron chi connectivity index (χ0n) is 12.3. The molecule has 0 amide bonds. The Labute approximate surface area is 116 Å². The molecule has 0 radical (unpaired) electrons. The van der Waals surface area contributed by atoms with Crippen molar-refractivity contribution in [3.05, 3.63) is 11.6 Å². The number of esters is 1. The highest BCUT2D eigenvalue weighted by Gasteiger charge is 2.48. The first-order chi connectivity index (χ1) is 8.96. The second kappa shape index (κ2) is 5.66. The van der Waals surface area contributed by atoms with E-state index in [0.717, 1.165) is 19.3 Å². The molecule has 19 heavy (non-hydrogen) atoms. The van der Waals surface area contributed by atoms with Crippen LogP contribution in [0.1, 0.15) is 52.9 Å². The van der Waals surface area contributed by atoms with Gasteiger partial charge in [-0.05, 0) is 51.4 Å². The molecule has 2 aliphatic carbocycles. The van der Waals surface area contributed by atoms with Crippen molar-refractivity contribution in [3.63, 3.8) is 0 Å². The van der Waals surface area contributed by atoms with Crippen molar-refractivity contribution in [2.45, 2.75) is 58.5 Å². The zero-order chi connectivity index (χ0) is 14.0. The molecule has 3 nitrogen and oxygen atoms in total. The molecule has 0 saturated heterocycles. The monoisotopic (exact) mass is 266 g/mol. The van der Waals surface area contributed by atoms with Gasteiger partial charge in [-0.25, -0.2) is 0 Å². The quantitative estimate of drug-likeness (QED) is 0.631. The van der Waals surface area contributed by atoms with Crippen LogP contribution < -0.4 is 0 Å². The van der Waals surface area contributed by atoms with Crippen LogP contribution in [0.5, 0.6) is 0 Å². The maximum absolute atomic E-state index is 11.8. The number of hydrogen-bond donors (Lipinski definition) is 1. The van der Waals surface area contributed by atoms with Gasteiger partial charge in [0.2, 0.25) is 0 Å². The maximum atomic E-state index is 11.8. The first kappa shape index (κ1) is 14.6. The number of carbonyl (C=O) groups is 1. The van der Waals surface area contributed by atoms with E-state index < -0.39 is 5.60 Å². The molecule has 108 valence electrons. The van der Waals surface area contributed by atoms with E-state index in [9.17, 15) is 9.90 Å². The van der Waals surface area contributed by atoms with Gasteiger partial charge in [-0.3, -0.25) is 4.79 Å². The summed E-state index contributed by atoms with van der Waals surface area (Å²) < 4.78 is 5.02. The average Bonchev–Trinajstić information content (AvgIpc) is 2.35. The summed E-state index contributed by atoms with van der Waals surface area (Å²) in [6.45, 7) is 6.59. The molecular weight excluding hydrogens is 240 g/mol. The molecule has 0 aromatic heterocycles. The standard InChI is InChI=1S/C16H26O3/c1-4-19-15(17)10-16(18)8-7-12(3)13-6-5-11(2)9-14(13)16/h9,12-14,18H,4-8,10H2,1-3H3/t12-,13+,14?,16?/m0/s1. The van der Waals surface area contributed by atoms with Crippen LogP contribution >= 0.6 is 0 Å². The van der Waals surface area contributed by atoms with Gasteiger partial charge in [-0.2, -0.15) is 0 Å². The Hall–Kier alpha value is -0.830. The van der Waals surface area contributed by atoms with Crippen LogP contribution in [0.3, 0.4) is 0 Å². The fraction of sp³-hybridized carbons (Fsp3) is 0.812. The fourth-order valence-corrected chi connectivity index (χ4v) is 3.81. The summed E-state index contributed by atoms with van der Waals surface area (Å²) in [6.07, 6.45) is 6.32. The van der Waals surface area contributed by atoms with Gasteiger partial charge in [0.1, 0.15) is 0 Å². The predicted octanol–water partition coefficient (Wildman–Crippen LogP) is 3.07. The summed E-state index contributed by atoms with van der Waals surface area (Å²) in [5, 5.41) is 11.0. The van der Waals surface area contributed by atoms with Gasteiger partial charge >= 0.3 is 5.97 Å². The Morgan fingerprint density at radius 3 is 2.95 bits per heavy atom. The first-order valence-electron chi connectivity index (χ1n) is 7.51. The van der Waals surface area contributed by atoms with Crippen LogP contribution in [0, 0.1) is 17.8 Å². The van der Waals surface area contributed by atoms with E-state index in [-0.39, 0.29) is 18.3 Å². The average molecular weight is 266 g/mol. The number of rotatable bonds is 3. The van der Waals surface area contributed by atoms with E-state index in [2.05, 4.69) is 19.9 Å². The topological polar surface area (TPSA) is 46.5 Å². The lowest BCUT2D eigenvalue weighted by Gasteiger charge is -2.48. The van der Waals surface area contributed by atoms with Gasteiger partial charge < -0.3 is 9.84 Å². The number of allylic oxidation sites excluding steroid dienone is 1. The summed E-state index contributed by atoms with van der Waals surface area (Å²) in [4.78, 5) is 11.8. The molecule has 2 aliphatic rings. The van der Waals surface area contributed by atoms with Crippen molar-refractivity contribution >= 4 is 5.97 Å². The lowest BCUT2D eigenvalue weighted by Crippen LogP contribution is -2.49. The Morgan fingerprint density at radius 2 is 2.26 bits per heavy atom. The van der Waals surface area contributed by atoms with Gasteiger partial charge in [0, 0.05) is 5.92 Å². The van der Waals surface area contributed by atoms with E-state index in [0.29, 0.717) is 24.9 Å². The molecule has 2 rings (SSSR count). The molecule has 3 heteroatoms. The summed E-state index contributed by atoms with van der Waals surface area (Å²) in [5.74, 6) is 0.998. The van der Waals surface area contributed by atoms with E-state index in [1.54, 1.807) is 6.92 Å². The smallest absolute Gasteiger partial charge is 0.308 e. The maximum Gasteiger partial charge on any atom is 0.308 e. The van der Waals surface area contributed by atoms with Gasteiger partial charge in [0.05, 0.1) is 18.6 Å². The Kier molecular flexibility index (Phi) is 4.34. The second-order valence-electron chi connectivity index (χ2n) is 6.34. The van der Waals surface area contributed by atoms with Gasteiger partial charge in [0.15, 0.2) is 0 Å². The van der Waals surface area contributed by atoms with Crippen LogP contribution in [-0.2, 0) is 9.53 Å². The minimum Gasteiger partial charge on any atom is -0.466 e. The largest absolute Gasteiger partial charge is 0.466 e. The summed E-state index contributed by atoms with van der Waals surface area (Å²) >= 11 is 0. The second-order valence-corrected chi connectivity index (χ2v) is 6.34. The number of ether oxygens (including phenoxy) is 1. The number of fused-ring (bicyclic) bond motifs is 1. The van der Waals surface area contributed by atoms with Crippen LogP contribution in [-0.4, -0.2) is 23.3 Å². The minimum absolute atomic E-state index is 0.120. The summed E-state index contributed by atoms with van der Waals surface area (Å²) in [6, 6.07) is 0.